The summed E-state index contributed by atoms with van der Waals surface area (Å²) in [6, 6.07) is 10.3. The lowest BCUT2D eigenvalue weighted by Crippen LogP contribution is -2.02. The molecule has 0 aliphatic carbocycles. The third-order valence-corrected chi connectivity index (χ3v) is 3.84. The molecular formula is C16H18Cl2N2. The van der Waals surface area contributed by atoms with Crippen LogP contribution in [0.25, 0.3) is 0 Å². The second-order valence-corrected chi connectivity index (χ2v) is 5.51. The predicted molar refractivity (Wildman–Crippen MR) is 84.5 cm³/mol. The maximum absolute atomic E-state index is 6.24. The number of rotatable bonds is 6. The molecule has 2 aromatic rings. The molecule has 4 heteroatoms. The van der Waals surface area contributed by atoms with Crippen molar-refractivity contribution in [3.8, 4) is 0 Å². The third-order valence-electron chi connectivity index (χ3n) is 3.21. The summed E-state index contributed by atoms with van der Waals surface area (Å²) in [5.41, 5.74) is 2.10. The van der Waals surface area contributed by atoms with E-state index in [0.29, 0.717) is 10.3 Å². The van der Waals surface area contributed by atoms with E-state index < -0.39 is 0 Å². The first-order chi connectivity index (χ1) is 9.70. The quantitative estimate of drug-likeness (QED) is 0.708. The normalized spacial score (nSPS) is 10.8. The Kier molecular flexibility index (Phi) is 5.81. The molecule has 0 amide bonds. The minimum Gasteiger partial charge on any atom is -0.221 e. The predicted octanol–water partition coefficient (Wildman–Crippen LogP) is 4.91. The Morgan fingerprint density at radius 1 is 0.900 bits per heavy atom. The lowest BCUT2D eigenvalue weighted by atomic mass is 10.1. The van der Waals surface area contributed by atoms with Crippen LogP contribution in [-0.2, 0) is 19.3 Å². The maximum atomic E-state index is 6.24. The highest BCUT2D eigenvalue weighted by atomic mass is 35.5. The first-order valence-corrected chi connectivity index (χ1v) is 7.71. The number of aryl methyl sites for hydroxylation is 2. The molecule has 2 nitrogen and oxygen atoms in total. The summed E-state index contributed by atoms with van der Waals surface area (Å²) >= 11 is 12.5. The summed E-state index contributed by atoms with van der Waals surface area (Å²) in [5.74, 6) is 0.741. The second-order valence-electron chi connectivity index (χ2n) is 4.79. The highest BCUT2D eigenvalue weighted by Crippen LogP contribution is 2.23. The minimum absolute atomic E-state index is 0.493. The van der Waals surface area contributed by atoms with E-state index >= 15 is 0 Å². The van der Waals surface area contributed by atoms with Gasteiger partial charge in [-0.2, -0.15) is 0 Å². The van der Waals surface area contributed by atoms with E-state index in [4.69, 9.17) is 23.2 Å². The van der Waals surface area contributed by atoms with Gasteiger partial charge in [-0.25, -0.2) is 9.97 Å². The Morgan fingerprint density at radius 3 is 2.15 bits per heavy atom. The van der Waals surface area contributed by atoms with Crippen LogP contribution in [0.1, 0.15) is 36.7 Å². The third kappa shape index (κ3) is 4.19. The zero-order valence-corrected chi connectivity index (χ0v) is 13.1. The molecule has 0 fully saturated rings. The largest absolute Gasteiger partial charge is 0.221 e. The zero-order valence-electron chi connectivity index (χ0n) is 11.6. The molecule has 1 heterocycles. The van der Waals surface area contributed by atoms with Gasteiger partial charge in [0.2, 0.25) is 0 Å². The molecule has 2 rings (SSSR count). The lowest BCUT2D eigenvalue weighted by molar-refractivity contribution is 0.747. The van der Waals surface area contributed by atoms with Crippen LogP contribution in [0.15, 0.2) is 30.3 Å². The number of hydrogen-bond acceptors (Lipinski definition) is 2. The van der Waals surface area contributed by atoms with Crippen molar-refractivity contribution in [3.05, 3.63) is 57.6 Å². The van der Waals surface area contributed by atoms with Crippen molar-refractivity contribution < 1.29 is 0 Å². The van der Waals surface area contributed by atoms with E-state index in [1.54, 1.807) is 0 Å². The first kappa shape index (κ1) is 15.3. The number of nitrogens with zero attached hydrogens (tertiary/aromatic N) is 2. The van der Waals surface area contributed by atoms with Crippen molar-refractivity contribution in [1.82, 2.24) is 9.97 Å². The number of aromatic nitrogens is 2. The van der Waals surface area contributed by atoms with Crippen molar-refractivity contribution in [1.29, 1.82) is 0 Å². The molecule has 0 saturated heterocycles. The molecule has 0 aliphatic heterocycles. The fraction of sp³-hybridized carbons (Fsp3) is 0.375. The molecule has 1 aromatic heterocycles. The summed E-state index contributed by atoms with van der Waals surface area (Å²) in [5, 5.41) is 0.985. The molecule has 0 radical (unpaired) electrons. The molecule has 0 unspecified atom stereocenters. The standard InChI is InChI=1S/C16H18Cl2N2/c1-2-3-9-14-19-15(17)13(16(18)20-14)11-10-12-7-5-4-6-8-12/h4-8H,2-3,9-11H2,1H3. The molecule has 20 heavy (non-hydrogen) atoms. The lowest BCUT2D eigenvalue weighted by Gasteiger charge is -2.08. The van der Waals surface area contributed by atoms with E-state index in [1.807, 2.05) is 18.2 Å². The molecule has 1 aromatic carbocycles. The van der Waals surface area contributed by atoms with Crippen LogP contribution in [0.2, 0.25) is 10.3 Å². The summed E-state index contributed by atoms with van der Waals surface area (Å²) in [6.45, 7) is 2.14. The van der Waals surface area contributed by atoms with Crippen LogP contribution < -0.4 is 0 Å². The smallest absolute Gasteiger partial charge is 0.137 e. The molecular weight excluding hydrogens is 291 g/mol. The van der Waals surface area contributed by atoms with Crippen LogP contribution in [-0.4, -0.2) is 9.97 Å². The van der Waals surface area contributed by atoms with Crippen LogP contribution in [0.3, 0.4) is 0 Å². The first-order valence-electron chi connectivity index (χ1n) is 6.95. The van der Waals surface area contributed by atoms with E-state index in [9.17, 15) is 0 Å². The van der Waals surface area contributed by atoms with Crippen LogP contribution in [0, 0.1) is 0 Å². The average Bonchev–Trinajstić information content (AvgIpc) is 2.45. The summed E-state index contributed by atoms with van der Waals surface area (Å²) in [4.78, 5) is 8.71. The van der Waals surface area contributed by atoms with Crippen molar-refractivity contribution in [3.63, 3.8) is 0 Å². The Hall–Kier alpha value is -1.12. The van der Waals surface area contributed by atoms with Gasteiger partial charge in [0.05, 0.1) is 0 Å². The van der Waals surface area contributed by atoms with Gasteiger partial charge < -0.3 is 0 Å². The van der Waals surface area contributed by atoms with Gasteiger partial charge in [-0.15, -0.1) is 0 Å². The van der Waals surface area contributed by atoms with Crippen LogP contribution in [0.5, 0.6) is 0 Å². The van der Waals surface area contributed by atoms with Gasteiger partial charge in [-0.3, -0.25) is 0 Å². The topological polar surface area (TPSA) is 25.8 Å². The highest BCUT2D eigenvalue weighted by molar-refractivity contribution is 6.34. The molecule has 0 N–H and O–H groups in total. The Morgan fingerprint density at radius 2 is 1.55 bits per heavy atom. The van der Waals surface area contributed by atoms with Gasteiger partial charge in [0.25, 0.3) is 0 Å². The molecule has 0 bridgehead atoms. The molecule has 0 atom stereocenters. The molecule has 0 aliphatic rings. The van der Waals surface area contributed by atoms with Gasteiger partial charge in [-0.1, -0.05) is 66.9 Å². The SMILES string of the molecule is CCCCc1nc(Cl)c(CCc2ccccc2)c(Cl)n1. The van der Waals surface area contributed by atoms with Gasteiger partial charge in [0, 0.05) is 12.0 Å². The summed E-state index contributed by atoms with van der Waals surface area (Å²) in [7, 11) is 0. The number of unbranched alkanes of at least 4 members (excludes halogenated alkanes) is 1. The number of halogens is 2. The van der Waals surface area contributed by atoms with Crippen molar-refractivity contribution in [2.24, 2.45) is 0 Å². The van der Waals surface area contributed by atoms with Crippen LogP contribution >= 0.6 is 23.2 Å². The highest BCUT2D eigenvalue weighted by Gasteiger charge is 2.11. The van der Waals surface area contributed by atoms with Gasteiger partial charge >= 0.3 is 0 Å². The van der Waals surface area contributed by atoms with Crippen molar-refractivity contribution in [2.45, 2.75) is 39.0 Å². The average molecular weight is 309 g/mol. The van der Waals surface area contributed by atoms with E-state index in [1.165, 1.54) is 5.56 Å². The molecule has 106 valence electrons. The Labute approximate surface area is 130 Å². The Bertz CT molecular complexity index is 533. The number of hydrogen-bond donors (Lipinski definition) is 0. The minimum atomic E-state index is 0.493. The van der Waals surface area contributed by atoms with Crippen molar-refractivity contribution in [2.75, 3.05) is 0 Å². The number of benzene rings is 1. The second kappa shape index (κ2) is 7.61. The van der Waals surface area contributed by atoms with Gasteiger partial charge in [0.15, 0.2) is 0 Å². The fourth-order valence-corrected chi connectivity index (χ4v) is 2.65. The molecule has 0 saturated carbocycles. The fourth-order valence-electron chi connectivity index (χ4n) is 2.04. The Balaban J connectivity index is 2.08. The van der Waals surface area contributed by atoms with Gasteiger partial charge in [-0.05, 0) is 24.8 Å². The molecule has 0 spiro atoms. The summed E-state index contributed by atoms with van der Waals surface area (Å²) < 4.78 is 0. The van der Waals surface area contributed by atoms with Gasteiger partial charge in [0.1, 0.15) is 16.1 Å². The van der Waals surface area contributed by atoms with E-state index in [-0.39, 0.29) is 0 Å². The maximum Gasteiger partial charge on any atom is 0.137 e. The van der Waals surface area contributed by atoms with E-state index in [0.717, 1.165) is 43.5 Å². The zero-order chi connectivity index (χ0) is 14.4. The monoisotopic (exact) mass is 308 g/mol. The summed E-state index contributed by atoms with van der Waals surface area (Å²) in [6.07, 6.45) is 4.63. The van der Waals surface area contributed by atoms with Crippen molar-refractivity contribution >= 4 is 23.2 Å². The van der Waals surface area contributed by atoms with E-state index in [2.05, 4.69) is 29.0 Å². The van der Waals surface area contributed by atoms with Crippen LogP contribution in [0.4, 0.5) is 0 Å².